The summed E-state index contributed by atoms with van der Waals surface area (Å²) in [4.78, 5) is 0. The largest absolute Gasteiger partial charge is 0.398 e. The molecule has 0 saturated heterocycles. The zero-order valence-corrected chi connectivity index (χ0v) is 8.30. The SMILES string of the molecule is N#Cc1ccc(C#CCCCl)cc1N. The highest BCUT2D eigenvalue weighted by molar-refractivity contribution is 6.18. The van der Waals surface area contributed by atoms with E-state index in [4.69, 9.17) is 22.6 Å². The first-order chi connectivity index (χ1) is 6.77. The van der Waals surface area contributed by atoms with E-state index in [0.29, 0.717) is 23.6 Å². The minimum atomic E-state index is 0.463. The summed E-state index contributed by atoms with van der Waals surface area (Å²) < 4.78 is 0. The second-order valence-corrected chi connectivity index (χ2v) is 3.03. The number of halogens is 1. The fourth-order valence-electron chi connectivity index (χ4n) is 0.954. The van der Waals surface area contributed by atoms with Crippen LogP contribution in [-0.4, -0.2) is 5.88 Å². The van der Waals surface area contributed by atoms with Crippen molar-refractivity contribution < 1.29 is 0 Å². The Morgan fingerprint density at radius 3 is 2.79 bits per heavy atom. The van der Waals surface area contributed by atoms with Gasteiger partial charge in [-0.1, -0.05) is 11.8 Å². The lowest BCUT2D eigenvalue weighted by Crippen LogP contribution is -1.90. The van der Waals surface area contributed by atoms with Crippen LogP contribution in [0.25, 0.3) is 0 Å². The smallest absolute Gasteiger partial charge is 0.101 e. The molecule has 0 bridgehead atoms. The van der Waals surface area contributed by atoms with Gasteiger partial charge in [0.25, 0.3) is 0 Å². The Bertz CT molecular complexity index is 421. The Hall–Kier alpha value is -1.64. The van der Waals surface area contributed by atoms with Crippen molar-refractivity contribution in [2.24, 2.45) is 0 Å². The van der Waals surface area contributed by atoms with Gasteiger partial charge in [0.1, 0.15) is 6.07 Å². The molecule has 1 aromatic carbocycles. The van der Waals surface area contributed by atoms with Gasteiger partial charge < -0.3 is 5.73 Å². The number of rotatable bonds is 1. The fourth-order valence-corrected chi connectivity index (χ4v) is 1.05. The highest BCUT2D eigenvalue weighted by Crippen LogP contribution is 2.12. The first-order valence-electron chi connectivity index (χ1n) is 4.12. The van der Waals surface area contributed by atoms with Gasteiger partial charge in [-0.25, -0.2) is 0 Å². The number of anilines is 1. The molecule has 2 nitrogen and oxygen atoms in total. The first kappa shape index (κ1) is 10.4. The van der Waals surface area contributed by atoms with Crippen LogP contribution in [0, 0.1) is 23.2 Å². The maximum atomic E-state index is 8.64. The average Bonchev–Trinajstić information content (AvgIpc) is 2.18. The lowest BCUT2D eigenvalue weighted by atomic mass is 10.1. The summed E-state index contributed by atoms with van der Waals surface area (Å²) in [6, 6.07) is 7.13. The van der Waals surface area contributed by atoms with Crippen LogP contribution in [0.1, 0.15) is 17.5 Å². The third kappa shape index (κ3) is 2.69. The monoisotopic (exact) mass is 204 g/mol. The predicted molar refractivity (Wildman–Crippen MR) is 57.8 cm³/mol. The topological polar surface area (TPSA) is 49.8 Å². The molecule has 0 aromatic heterocycles. The lowest BCUT2D eigenvalue weighted by Gasteiger charge is -1.96. The number of nitriles is 1. The molecule has 1 aromatic rings. The summed E-state index contributed by atoms with van der Waals surface area (Å²) in [5.74, 6) is 6.34. The molecule has 0 unspecified atom stereocenters. The number of benzene rings is 1. The molecule has 14 heavy (non-hydrogen) atoms. The van der Waals surface area contributed by atoms with Crippen molar-refractivity contribution in [3.05, 3.63) is 29.3 Å². The molecular formula is C11H9ClN2. The molecule has 0 spiro atoms. The van der Waals surface area contributed by atoms with Crippen LogP contribution in [0.2, 0.25) is 0 Å². The van der Waals surface area contributed by atoms with Gasteiger partial charge in [0.05, 0.1) is 11.3 Å². The van der Waals surface area contributed by atoms with Crippen molar-refractivity contribution in [3.63, 3.8) is 0 Å². The van der Waals surface area contributed by atoms with Gasteiger partial charge in [0, 0.05) is 17.9 Å². The van der Waals surface area contributed by atoms with Crippen LogP contribution in [0.3, 0.4) is 0 Å². The molecule has 0 atom stereocenters. The Balaban J connectivity index is 2.89. The number of nitrogens with zero attached hydrogens (tertiary/aromatic N) is 1. The second kappa shape index (κ2) is 5.17. The maximum absolute atomic E-state index is 8.64. The summed E-state index contributed by atoms with van der Waals surface area (Å²) in [5, 5.41) is 8.64. The third-order valence-corrected chi connectivity index (χ3v) is 1.81. The Kier molecular flexibility index (Phi) is 3.85. The number of nitrogens with two attached hydrogens (primary N) is 1. The van der Waals surface area contributed by atoms with E-state index < -0.39 is 0 Å². The molecule has 0 fully saturated rings. The number of hydrogen-bond acceptors (Lipinski definition) is 2. The van der Waals surface area contributed by atoms with Crippen molar-refractivity contribution in [1.82, 2.24) is 0 Å². The molecule has 0 aliphatic heterocycles. The normalized spacial score (nSPS) is 8.57. The highest BCUT2D eigenvalue weighted by Gasteiger charge is 1.96. The van der Waals surface area contributed by atoms with Gasteiger partial charge in [-0.05, 0) is 18.2 Å². The van der Waals surface area contributed by atoms with E-state index in [1.165, 1.54) is 0 Å². The van der Waals surface area contributed by atoms with E-state index in [2.05, 4.69) is 11.8 Å². The summed E-state index contributed by atoms with van der Waals surface area (Å²) in [7, 11) is 0. The number of hydrogen-bond donors (Lipinski definition) is 1. The van der Waals surface area contributed by atoms with E-state index in [1.807, 2.05) is 6.07 Å². The van der Waals surface area contributed by atoms with Crippen LogP contribution in [-0.2, 0) is 0 Å². The predicted octanol–water partition coefficient (Wildman–Crippen LogP) is 2.12. The molecule has 0 amide bonds. The van der Waals surface area contributed by atoms with Crippen molar-refractivity contribution in [2.75, 3.05) is 11.6 Å². The fraction of sp³-hybridized carbons (Fsp3) is 0.182. The molecular weight excluding hydrogens is 196 g/mol. The zero-order valence-electron chi connectivity index (χ0n) is 7.55. The maximum Gasteiger partial charge on any atom is 0.101 e. The van der Waals surface area contributed by atoms with Gasteiger partial charge in [-0.15, -0.1) is 11.6 Å². The molecule has 2 N–H and O–H groups in total. The minimum absolute atomic E-state index is 0.463. The van der Waals surface area contributed by atoms with E-state index in [9.17, 15) is 0 Å². The Morgan fingerprint density at radius 1 is 1.43 bits per heavy atom. The summed E-state index contributed by atoms with van der Waals surface area (Å²) in [5.41, 5.74) is 7.37. The Morgan fingerprint density at radius 2 is 2.21 bits per heavy atom. The molecule has 1 rings (SSSR count). The average molecular weight is 205 g/mol. The molecule has 0 aliphatic carbocycles. The first-order valence-corrected chi connectivity index (χ1v) is 4.66. The minimum Gasteiger partial charge on any atom is -0.398 e. The molecule has 3 heteroatoms. The van der Waals surface area contributed by atoms with Gasteiger partial charge in [-0.3, -0.25) is 0 Å². The van der Waals surface area contributed by atoms with Crippen molar-refractivity contribution in [1.29, 1.82) is 5.26 Å². The van der Waals surface area contributed by atoms with Crippen molar-refractivity contribution >= 4 is 17.3 Å². The zero-order chi connectivity index (χ0) is 10.4. The van der Waals surface area contributed by atoms with E-state index >= 15 is 0 Å². The van der Waals surface area contributed by atoms with E-state index in [1.54, 1.807) is 18.2 Å². The van der Waals surface area contributed by atoms with Gasteiger partial charge in [0.2, 0.25) is 0 Å². The number of alkyl halides is 1. The molecule has 0 saturated carbocycles. The van der Waals surface area contributed by atoms with Gasteiger partial charge in [-0.2, -0.15) is 5.26 Å². The van der Waals surface area contributed by atoms with Crippen LogP contribution < -0.4 is 5.73 Å². The molecule has 0 radical (unpaired) electrons. The van der Waals surface area contributed by atoms with Crippen molar-refractivity contribution in [2.45, 2.75) is 6.42 Å². The van der Waals surface area contributed by atoms with Gasteiger partial charge in [0.15, 0.2) is 0 Å². The Labute approximate surface area is 88.3 Å². The van der Waals surface area contributed by atoms with Crippen LogP contribution in [0.4, 0.5) is 5.69 Å². The highest BCUT2D eigenvalue weighted by atomic mass is 35.5. The standard InChI is InChI=1S/C11H9ClN2/c12-6-2-1-3-9-4-5-10(8-13)11(14)7-9/h4-5,7H,2,6,14H2. The summed E-state index contributed by atoms with van der Waals surface area (Å²) >= 11 is 5.48. The van der Waals surface area contributed by atoms with E-state index in [-0.39, 0.29) is 0 Å². The lowest BCUT2D eigenvalue weighted by molar-refractivity contribution is 1.29. The van der Waals surface area contributed by atoms with E-state index in [0.717, 1.165) is 5.56 Å². The van der Waals surface area contributed by atoms with Crippen LogP contribution >= 0.6 is 11.6 Å². The number of nitrogen functional groups attached to an aromatic ring is 1. The third-order valence-electron chi connectivity index (χ3n) is 1.62. The van der Waals surface area contributed by atoms with Crippen LogP contribution in [0.5, 0.6) is 0 Å². The van der Waals surface area contributed by atoms with Crippen LogP contribution in [0.15, 0.2) is 18.2 Å². The summed E-state index contributed by atoms with van der Waals surface area (Å²) in [6.45, 7) is 0. The molecule has 70 valence electrons. The second-order valence-electron chi connectivity index (χ2n) is 2.65. The summed E-state index contributed by atoms with van der Waals surface area (Å²) in [6.07, 6.45) is 0.654. The van der Waals surface area contributed by atoms with Gasteiger partial charge >= 0.3 is 0 Å². The quantitative estimate of drug-likeness (QED) is 0.433. The van der Waals surface area contributed by atoms with Crippen molar-refractivity contribution in [3.8, 4) is 17.9 Å². The molecule has 0 heterocycles. The molecule has 0 aliphatic rings.